The van der Waals surface area contributed by atoms with E-state index >= 15 is 0 Å². The normalized spacial score (nSPS) is 11.2. The van der Waals surface area contributed by atoms with Crippen LogP contribution < -0.4 is 10.2 Å². The molecule has 0 spiro atoms. The highest BCUT2D eigenvalue weighted by Crippen LogP contribution is 2.25. The van der Waals surface area contributed by atoms with Crippen LogP contribution in [-0.2, 0) is 6.61 Å². The van der Waals surface area contributed by atoms with Gasteiger partial charge in [0, 0.05) is 9.86 Å². The Labute approximate surface area is 184 Å². The van der Waals surface area contributed by atoms with Crippen LogP contribution in [0.25, 0.3) is 10.9 Å². The maximum Gasteiger partial charge on any atom is 0.146 e. The summed E-state index contributed by atoms with van der Waals surface area (Å²) in [6, 6.07) is 24.3. The fourth-order valence-electron chi connectivity index (χ4n) is 3.32. The number of fused-ring (bicyclic) bond motifs is 1. The van der Waals surface area contributed by atoms with E-state index in [2.05, 4.69) is 69.6 Å². The second-order valence-corrected chi connectivity index (χ2v) is 8.07. The van der Waals surface area contributed by atoms with E-state index in [-0.39, 0.29) is 0 Å². The summed E-state index contributed by atoms with van der Waals surface area (Å²) >= 11 is 3.46. The third kappa shape index (κ3) is 4.86. The van der Waals surface area contributed by atoms with Gasteiger partial charge < -0.3 is 4.74 Å². The zero-order valence-electron chi connectivity index (χ0n) is 16.9. The number of hydrazone groups is 1. The zero-order chi connectivity index (χ0) is 20.9. The van der Waals surface area contributed by atoms with Crippen molar-refractivity contribution in [1.82, 2.24) is 4.98 Å². The topological polar surface area (TPSA) is 46.5 Å². The first-order valence-corrected chi connectivity index (χ1v) is 10.5. The fourth-order valence-corrected chi connectivity index (χ4v) is 3.59. The molecule has 0 radical (unpaired) electrons. The predicted octanol–water partition coefficient (Wildman–Crippen LogP) is 6.64. The molecule has 1 heterocycles. The number of anilines is 1. The Morgan fingerprint density at radius 1 is 0.967 bits per heavy atom. The van der Waals surface area contributed by atoms with Gasteiger partial charge in [0.25, 0.3) is 0 Å². The lowest BCUT2D eigenvalue weighted by Crippen LogP contribution is -2.00. The summed E-state index contributed by atoms with van der Waals surface area (Å²) in [6.45, 7) is 4.65. The molecule has 5 heteroatoms. The smallest absolute Gasteiger partial charge is 0.146 e. The van der Waals surface area contributed by atoms with Crippen molar-refractivity contribution in [2.45, 2.75) is 20.5 Å². The Hall–Kier alpha value is -3.18. The molecule has 4 nitrogen and oxygen atoms in total. The lowest BCUT2D eigenvalue weighted by Gasteiger charge is -2.13. The maximum absolute atomic E-state index is 6.08. The number of halogens is 1. The van der Waals surface area contributed by atoms with Crippen LogP contribution in [-0.4, -0.2) is 11.2 Å². The highest BCUT2D eigenvalue weighted by atomic mass is 79.9. The van der Waals surface area contributed by atoms with E-state index in [0.29, 0.717) is 12.4 Å². The summed E-state index contributed by atoms with van der Waals surface area (Å²) in [5.41, 5.74) is 8.26. The minimum absolute atomic E-state index is 0.539. The minimum Gasteiger partial charge on any atom is -0.488 e. The van der Waals surface area contributed by atoms with Gasteiger partial charge in [0.2, 0.25) is 0 Å². The molecule has 0 aliphatic rings. The molecule has 0 bridgehead atoms. The molecule has 1 N–H and O–H groups in total. The molecule has 0 unspecified atom stereocenters. The number of para-hydroxylation sites is 1. The Morgan fingerprint density at radius 2 is 1.70 bits per heavy atom. The minimum atomic E-state index is 0.539. The first-order chi connectivity index (χ1) is 14.6. The van der Waals surface area contributed by atoms with Crippen LogP contribution in [0.15, 0.2) is 82.4 Å². The Balaban J connectivity index is 1.43. The molecule has 0 fully saturated rings. The summed E-state index contributed by atoms with van der Waals surface area (Å²) < 4.78 is 7.14. The standard InChI is InChI=1S/C25H22BrN3O/c1-17-13-20(14-18(2)25(17)30-16-19-7-10-22(26)11-8-19)15-27-29-24-12-9-21-5-3-4-6-23(21)28-24/h3-15H,16H2,1-2H3,(H,28,29)/b27-15-. The SMILES string of the molecule is Cc1cc(/C=N\Nc2ccc3ccccc3n2)cc(C)c1OCc1ccc(Br)cc1. The van der Waals surface area contributed by atoms with Crippen molar-refractivity contribution in [3.63, 3.8) is 0 Å². The molecule has 0 amide bonds. The Kier molecular flexibility index (Phi) is 6.10. The summed E-state index contributed by atoms with van der Waals surface area (Å²) in [7, 11) is 0. The Bertz CT molecular complexity index is 1180. The lowest BCUT2D eigenvalue weighted by molar-refractivity contribution is 0.302. The van der Waals surface area contributed by atoms with Crippen molar-refractivity contribution in [2.75, 3.05) is 5.43 Å². The van der Waals surface area contributed by atoms with Gasteiger partial charge in [-0.15, -0.1) is 0 Å². The maximum atomic E-state index is 6.08. The molecule has 30 heavy (non-hydrogen) atoms. The van der Waals surface area contributed by atoms with Crippen LogP contribution in [0.4, 0.5) is 5.82 Å². The summed E-state index contributed by atoms with van der Waals surface area (Å²) in [4.78, 5) is 4.57. The number of nitrogens with zero attached hydrogens (tertiary/aromatic N) is 2. The molecule has 0 atom stereocenters. The number of nitrogens with one attached hydrogen (secondary N) is 1. The van der Waals surface area contributed by atoms with Crippen molar-refractivity contribution in [2.24, 2.45) is 5.10 Å². The average Bonchev–Trinajstić information content (AvgIpc) is 2.74. The summed E-state index contributed by atoms with van der Waals surface area (Å²) in [6.07, 6.45) is 1.80. The highest BCUT2D eigenvalue weighted by Gasteiger charge is 2.07. The van der Waals surface area contributed by atoms with Gasteiger partial charge in [-0.3, -0.25) is 5.43 Å². The van der Waals surface area contributed by atoms with E-state index in [1.54, 1.807) is 6.21 Å². The van der Waals surface area contributed by atoms with E-state index < -0.39 is 0 Å². The molecule has 3 aromatic carbocycles. The highest BCUT2D eigenvalue weighted by molar-refractivity contribution is 9.10. The third-order valence-electron chi connectivity index (χ3n) is 4.77. The molecular formula is C25H22BrN3O. The van der Waals surface area contributed by atoms with Crippen LogP contribution in [0, 0.1) is 13.8 Å². The number of benzene rings is 3. The first-order valence-electron chi connectivity index (χ1n) is 9.72. The number of hydrogen-bond donors (Lipinski definition) is 1. The van der Waals surface area contributed by atoms with Crippen LogP contribution >= 0.6 is 15.9 Å². The van der Waals surface area contributed by atoms with Crippen LogP contribution in [0.5, 0.6) is 5.75 Å². The molecule has 1 aromatic heterocycles. The van der Waals surface area contributed by atoms with Crippen molar-refractivity contribution in [3.05, 3.63) is 99.5 Å². The van der Waals surface area contributed by atoms with Crippen molar-refractivity contribution in [1.29, 1.82) is 0 Å². The van der Waals surface area contributed by atoms with Gasteiger partial charge in [-0.05, 0) is 78.6 Å². The van der Waals surface area contributed by atoms with Crippen LogP contribution in [0.2, 0.25) is 0 Å². The van der Waals surface area contributed by atoms with E-state index in [9.17, 15) is 0 Å². The van der Waals surface area contributed by atoms with Gasteiger partial charge in [0.15, 0.2) is 0 Å². The molecule has 150 valence electrons. The fraction of sp³-hybridized carbons (Fsp3) is 0.120. The van der Waals surface area contributed by atoms with Crippen molar-refractivity contribution in [3.8, 4) is 5.75 Å². The van der Waals surface area contributed by atoms with Gasteiger partial charge in [0.1, 0.15) is 18.2 Å². The first kappa shape index (κ1) is 20.1. The number of aromatic nitrogens is 1. The largest absolute Gasteiger partial charge is 0.488 e. The molecule has 0 aliphatic carbocycles. The van der Waals surface area contributed by atoms with E-state index in [1.807, 2.05) is 48.5 Å². The van der Waals surface area contributed by atoms with Gasteiger partial charge in [-0.2, -0.15) is 5.10 Å². The molecule has 4 aromatic rings. The monoisotopic (exact) mass is 459 g/mol. The van der Waals surface area contributed by atoms with E-state index in [0.717, 1.165) is 43.4 Å². The molecule has 0 saturated carbocycles. The number of hydrogen-bond acceptors (Lipinski definition) is 4. The second kappa shape index (κ2) is 9.09. The zero-order valence-corrected chi connectivity index (χ0v) is 18.5. The number of aryl methyl sites for hydroxylation is 2. The molecular weight excluding hydrogens is 438 g/mol. The number of pyridine rings is 1. The number of rotatable bonds is 6. The van der Waals surface area contributed by atoms with E-state index in [4.69, 9.17) is 4.74 Å². The van der Waals surface area contributed by atoms with Crippen LogP contribution in [0.1, 0.15) is 22.3 Å². The third-order valence-corrected chi connectivity index (χ3v) is 5.30. The molecule has 0 aliphatic heterocycles. The molecule has 4 rings (SSSR count). The van der Waals surface area contributed by atoms with Gasteiger partial charge in [0.05, 0.1) is 11.7 Å². The quantitative estimate of drug-likeness (QED) is 0.259. The Morgan fingerprint density at radius 3 is 2.47 bits per heavy atom. The average molecular weight is 460 g/mol. The van der Waals surface area contributed by atoms with Gasteiger partial charge >= 0.3 is 0 Å². The number of ether oxygens (including phenoxy) is 1. The predicted molar refractivity (Wildman–Crippen MR) is 127 cm³/mol. The molecule has 0 saturated heterocycles. The van der Waals surface area contributed by atoms with E-state index in [1.165, 1.54) is 0 Å². The van der Waals surface area contributed by atoms with Crippen LogP contribution in [0.3, 0.4) is 0 Å². The summed E-state index contributed by atoms with van der Waals surface area (Å²) in [5, 5.41) is 5.46. The summed E-state index contributed by atoms with van der Waals surface area (Å²) in [5.74, 6) is 1.63. The van der Waals surface area contributed by atoms with Crippen molar-refractivity contribution < 1.29 is 4.74 Å². The van der Waals surface area contributed by atoms with Gasteiger partial charge in [-0.25, -0.2) is 4.98 Å². The lowest BCUT2D eigenvalue weighted by atomic mass is 10.1. The second-order valence-electron chi connectivity index (χ2n) is 7.16. The van der Waals surface area contributed by atoms with Crippen molar-refractivity contribution >= 4 is 38.9 Å². The van der Waals surface area contributed by atoms with Gasteiger partial charge in [-0.1, -0.05) is 46.3 Å².